The van der Waals surface area contributed by atoms with Gasteiger partial charge >= 0.3 is 0 Å². The highest BCUT2D eigenvalue weighted by Crippen LogP contribution is 2.67. The van der Waals surface area contributed by atoms with Crippen molar-refractivity contribution in [2.75, 3.05) is 5.75 Å². The normalized spacial score (nSPS) is 52.0. The Balaban J connectivity index is 1.63. The first-order chi connectivity index (χ1) is 11.4. The van der Waals surface area contributed by atoms with Gasteiger partial charge in [-0.1, -0.05) is 32.4 Å². The summed E-state index contributed by atoms with van der Waals surface area (Å²) in [6.07, 6.45) is 12.6. The molecule has 3 fully saturated rings. The number of hydrogen-bond donors (Lipinski definition) is 2. The fourth-order valence-corrected chi connectivity index (χ4v) is 8.00. The van der Waals surface area contributed by atoms with E-state index in [1.165, 1.54) is 38.5 Å². The molecule has 0 amide bonds. The third-order valence-electron chi connectivity index (χ3n) is 9.13. The van der Waals surface area contributed by atoms with Crippen LogP contribution in [0.1, 0.15) is 72.1 Å². The van der Waals surface area contributed by atoms with Crippen LogP contribution in [0, 0.1) is 40.4 Å². The SMILES string of the molecule is C[C@H](CS)C1CC[C@H]2[C@@H]3CC=C4C[C@@H](O)CC[C@]4(C)[C@H]3CC[C@]12C. The van der Waals surface area contributed by atoms with E-state index in [1.54, 1.807) is 5.57 Å². The van der Waals surface area contributed by atoms with Crippen molar-refractivity contribution in [1.29, 1.82) is 0 Å². The summed E-state index contributed by atoms with van der Waals surface area (Å²) in [5.41, 5.74) is 2.54. The van der Waals surface area contributed by atoms with Crippen molar-refractivity contribution in [2.24, 2.45) is 40.4 Å². The van der Waals surface area contributed by atoms with Gasteiger partial charge in [0.2, 0.25) is 0 Å². The number of aliphatic hydroxyl groups excluding tert-OH is 1. The van der Waals surface area contributed by atoms with Crippen molar-refractivity contribution >= 4 is 12.6 Å². The van der Waals surface area contributed by atoms with E-state index in [9.17, 15) is 5.11 Å². The molecule has 1 unspecified atom stereocenters. The molecule has 0 saturated heterocycles. The van der Waals surface area contributed by atoms with E-state index in [0.717, 1.165) is 48.2 Å². The maximum Gasteiger partial charge on any atom is 0.0577 e. The van der Waals surface area contributed by atoms with E-state index < -0.39 is 0 Å². The van der Waals surface area contributed by atoms with Crippen LogP contribution in [-0.2, 0) is 0 Å². The van der Waals surface area contributed by atoms with Gasteiger partial charge < -0.3 is 5.11 Å². The van der Waals surface area contributed by atoms with Crippen LogP contribution in [0.15, 0.2) is 11.6 Å². The number of fused-ring (bicyclic) bond motifs is 5. The fraction of sp³-hybridized carbons (Fsp3) is 0.909. The second-order valence-electron chi connectivity index (χ2n) is 10.0. The summed E-state index contributed by atoms with van der Waals surface area (Å²) in [5, 5.41) is 10.1. The standard InChI is InChI=1S/C22H36OS/c1-14(13-24)18-6-7-19-17-5-4-15-12-16(23)8-10-21(15,2)20(17)9-11-22(18,19)3/h4,14,16-20,23-24H,5-13H2,1-3H3/t14-,16+,17+,18?,19+,20+,21+,22-/m1/s1. The van der Waals surface area contributed by atoms with Crippen LogP contribution in [0.3, 0.4) is 0 Å². The lowest BCUT2D eigenvalue weighted by Gasteiger charge is -2.58. The largest absolute Gasteiger partial charge is 0.393 e. The first-order valence-corrected chi connectivity index (χ1v) is 11.0. The Kier molecular flexibility index (Phi) is 4.40. The van der Waals surface area contributed by atoms with Gasteiger partial charge in [0.1, 0.15) is 0 Å². The molecule has 3 saturated carbocycles. The number of thiol groups is 1. The molecule has 4 aliphatic rings. The van der Waals surface area contributed by atoms with Crippen molar-refractivity contribution in [2.45, 2.75) is 78.2 Å². The molecule has 0 bridgehead atoms. The van der Waals surface area contributed by atoms with Crippen molar-refractivity contribution in [3.05, 3.63) is 11.6 Å². The molecule has 4 aliphatic carbocycles. The second-order valence-corrected chi connectivity index (χ2v) is 10.4. The number of aliphatic hydroxyl groups is 1. The lowest BCUT2D eigenvalue weighted by atomic mass is 9.47. The van der Waals surface area contributed by atoms with Gasteiger partial charge in [0.15, 0.2) is 0 Å². The van der Waals surface area contributed by atoms with E-state index in [-0.39, 0.29) is 6.10 Å². The second kappa shape index (κ2) is 6.05. The van der Waals surface area contributed by atoms with Crippen molar-refractivity contribution < 1.29 is 5.11 Å². The van der Waals surface area contributed by atoms with Gasteiger partial charge in [0, 0.05) is 0 Å². The highest BCUT2D eigenvalue weighted by molar-refractivity contribution is 7.80. The van der Waals surface area contributed by atoms with E-state index in [1.807, 2.05) is 0 Å². The maximum atomic E-state index is 10.1. The Labute approximate surface area is 154 Å². The Morgan fingerprint density at radius 3 is 2.71 bits per heavy atom. The van der Waals surface area contributed by atoms with Gasteiger partial charge in [-0.2, -0.15) is 12.6 Å². The zero-order chi connectivity index (χ0) is 17.1. The molecular weight excluding hydrogens is 312 g/mol. The van der Waals surface area contributed by atoms with Crippen LogP contribution >= 0.6 is 12.6 Å². The first-order valence-electron chi connectivity index (χ1n) is 10.4. The number of hydrogen-bond acceptors (Lipinski definition) is 2. The highest BCUT2D eigenvalue weighted by Gasteiger charge is 2.58. The quantitative estimate of drug-likeness (QED) is 0.499. The Morgan fingerprint density at radius 1 is 1.17 bits per heavy atom. The summed E-state index contributed by atoms with van der Waals surface area (Å²) in [7, 11) is 0. The average molecular weight is 349 g/mol. The van der Waals surface area contributed by atoms with E-state index in [0.29, 0.717) is 10.8 Å². The van der Waals surface area contributed by atoms with Crippen molar-refractivity contribution in [1.82, 2.24) is 0 Å². The van der Waals surface area contributed by atoms with E-state index in [4.69, 9.17) is 0 Å². The molecule has 2 heteroatoms. The predicted octanol–water partition coefficient (Wildman–Crippen LogP) is 5.49. The van der Waals surface area contributed by atoms with Crippen LogP contribution < -0.4 is 0 Å². The molecule has 4 rings (SSSR count). The molecule has 0 radical (unpaired) electrons. The van der Waals surface area contributed by atoms with Crippen molar-refractivity contribution in [3.63, 3.8) is 0 Å². The van der Waals surface area contributed by atoms with Gasteiger partial charge in [-0.25, -0.2) is 0 Å². The lowest BCUT2D eigenvalue weighted by molar-refractivity contribution is -0.0553. The minimum atomic E-state index is -0.0816. The molecule has 24 heavy (non-hydrogen) atoms. The summed E-state index contributed by atoms with van der Waals surface area (Å²) in [6, 6.07) is 0. The van der Waals surface area contributed by atoms with Gasteiger partial charge in [0.25, 0.3) is 0 Å². The van der Waals surface area contributed by atoms with Crippen LogP contribution in [0.5, 0.6) is 0 Å². The minimum absolute atomic E-state index is 0.0816. The molecule has 0 aromatic carbocycles. The number of allylic oxidation sites excluding steroid dienone is 1. The Hall–Kier alpha value is 0.0500. The molecule has 0 heterocycles. The molecular formula is C22H36OS. The summed E-state index contributed by atoms with van der Waals surface area (Å²) >= 11 is 4.63. The summed E-state index contributed by atoms with van der Waals surface area (Å²) in [5.74, 6) is 5.37. The topological polar surface area (TPSA) is 20.2 Å². The maximum absolute atomic E-state index is 10.1. The van der Waals surface area contributed by atoms with Gasteiger partial charge in [-0.3, -0.25) is 0 Å². The molecule has 8 atom stereocenters. The van der Waals surface area contributed by atoms with Gasteiger partial charge in [-0.05, 0) is 97.5 Å². The monoisotopic (exact) mass is 348 g/mol. The van der Waals surface area contributed by atoms with Gasteiger partial charge in [-0.15, -0.1) is 0 Å². The zero-order valence-electron chi connectivity index (χ0n) is 15.8. The molecule has 0 aromatic rings. The molecule has 1 N–H and O–H groups in total. The average Bonchev–Trinajstić information content (AvgIpc) is 2.92. The van der Waals surface area contributed by atoms with Crippen LogP contribution in [0.2, 0.25) is 0 Å². The Bertz CT molecular complexity index is 528. The fourth-order valence-electron chi connectivity index (χ4n) is 7.74. The third-order valence-corrected chi connectivity index (χ3v) is 9.70. The van der Waals surface area contributed by atoms with Gasteiger partial charge in [0.05, 0.1) is 6.10 Å². The highest BCUT2D eigenvalue weighted by atomic mass is 32.1. The molecule has 0 spiro atoms. The zero-order valence-corrected chi connectivity index (χ0v) is 16.7. The van der Waals surface area contributed by atoms with Crippen molar-refractivity contribution in [3.8, 4) is 0 Å². The molecule has 0 aromatic heterocycles. The Morgan fingerprint density at radius 2 is 1.96 bits per heavy atom. The van der Waals surface area contributed by atoms with E-state index in [2.05, 4.69) is 39.5 Å². The summed E-state index contributed by atoms with van der Waals surface area (Å²) < 4.78 is 0. The third kappa shape index (κ3) is 2.38. The first kappa shape index (κ1) is 17.5. The lowest BCUT2D eigenvalue weighted by Crippen LogP contribution is -2.50. The minimum Gasteiger partial charge on any atom is -0.393 e. The van der Waals surface area contributed by atoms with E-state index >= 15 is 0 Å². The molecule has 0 aliphatic heterocycles. The smallest absolute Gasteiger partial charge is 0.0577 e. The molecule has 1 nitrogen and oxygen atoms in total. The summed E-state index contributed by atoms with van der Waals surface area (Å²) in [6.45, 7) is 7.59. The van der Waals surface area contributed by atoms with Crippen LogP contribution in [0.4, 0.5) is 0 Å². The summed E-state index contributed by atoms with van der Waals surface area (Å²) in [4.78, 5) is 0. The van der Waals surface area contributed by atoms with Crippen LogP contribution in [0.25, 0.3) is 0 Å². The van der Waals surface area contributed by atoms with Crippen LogP contribution in [-0.4, -0.2) is 17.0 Å². The predicted molar refractivity (Wildman–Crippen MR) is 104 cm³/mol. The number of rotatable bonds is 2. The molecule has 136 valence electrons.